The number of hydrogen-bond donors (Lipinski definition) is 0. The van der Waals surface area contributed by atoms with E-state index in [2.05, 4.69) is 4.74 Å². The Morgan fingerprint density at radius 1 is 1.45 bits per heavy atom. The third kappa shape index (κ3) is 1.93. The summed E-state index contributed by atoms with van der Waals surface area (Å²) in [6, 6.07) is 3.37. The summed E-state index contributed by atoms with van der Waals surface area (Å²) in [5, 5.41) is 0. The van der Waals surface area contributed by atoms with Gasteiger partial charge < -0.3 is 4.74 Å². The van der Waals surface area contributed by atoms with E-state index in [1.165, 1.54) is 23.2 Å². The lowest BCUT2D eigenvalue weighted by atomic mass is 10.7. The second-order valence-corrected chi connectivity index (χ2v) is 1.79. The number of rotatable bonds is 2. The van der Waals surface area contributed by atoms with Crippen molar-refractivity contribution in [3.8, 4) is 0 Å². The van der Waals surface area contributed by atoms with E-state index in [0.717, 1.165) is 0 Å². The molecule has 1 aromatic heterocycles. The van der Waals surface area contributed by atoms with Gasteiger partial charge in [-0.15, -0.1) is 0 Å². The van der Waals surface area contributed by atoms with Gasteiger partial charge in [0, 0.05) is 12.4 Å². The van der Waals surface area contributed by atoms with Gasteiger partial charge in [-0.25, -0.2) is 4.79 Å². The van der Waals surface area contributed by atoms with E-state index in [-0.39, 0.29) is 6.61 Å². The van der Waals surface area contributed by atoms with Gasteiger partial charge in [0.25, 0.3) is 0 Å². The number of aromatic nitrogens is 1. The van der Waals surface area contributed by atoms with Crippen molar-refractivity contribution in [1.29, 1.82) is 0 Å². The molecule has 4 heteroatoms. The van der Waals surface area contributed by atoms with Crippen molar-refractivity contribution >= 4 is 12.4 Å². The van der Waals surface area contributed by atoms with Crippen LogP contribution in [-0.4, -0.2) is 23.6 Å². The Kier molecular flexibility index (Phi) is 2.43. The van der Waals surface area contributed by atoms with E-state index in [1.807, 2.05) is 0 Å². The van der Waals surface area contributed by atoms with Crippen LogP contribution in [0.15, 0.2) is 24.5 Å². The number of nitrogens with zero attached hydrogens (tertiary/aromatic N) is 1. The van der Waals surface area contributed by atoms with Crippen molar-refractivity contribution in [2.45, 2.75) is 0 Å². The van der Waals surface area contributed by atoms with Crippen LogP contribution in [0.5, 0.6) is 0 Å². The van der Waals surface area contributed by atoms with Crippen LogP contribution in [0.25, 0.3) is 0 Å². The highest BCUT2D eigenvalue weighted by atomic mass is 16.6. The van der Waals surface area contributed by atoms with Crippen LogP contribution in [0.2, 0.25) is 0 Å². The highest BCUT2D eigenvalue weighted by molar-refractivity contribution is 5.72. The van der Waals surface area contributed by atoms with Crippen molar-refractivity contribution < 1.29 is 14.3 Å². The van der Waals surface area contributed by atoms with Crippen LogP contribution in [-0.2, 0) is 9.53 Å². The summed E-state index contributed by atoms with van der Waals surface area (Å²) in [6.07, 6.45) is 3.95. The van der Waals surface area contributed by atoms with Gasteiger partial charge in [-0.05, 0) is 12.1 Å². The van der Waals surface area contributed by atoms with E-state index < -0.39 is 6.09 Å². The van der Waals surface area contributed by atoms with Gasteiger partial charge in [-0.2, -0.15) is 0 Å². The molecule has 0 aliphatic heterocycles. The molecule has 0 saturated heterocycles. The molecular formula is C7H6NO3. The van der Waals surface area contributed by atoms with Crippen molar-refractivity contribution in [2.24, 2.45) is 0 Å². The van der Waals surface area contributed by atoms with Crippen molar-refractivity contribution in [1.82, 2.24) is 4.57 Å². The van der Waals surface area contributed by atoms with E-state index in [1.54, 1.807) is 12.1 Å². The van der Waals surface area contributed by atoms with Gasteiger partial charge in [0.05, 0.1) is 0 Å². The van der Waals surface area contributed by atoms with Gasteiger partial charge in [-0.1, -0.05) is 0 Å². The molecule has 1 rings (SSSR count). The molecule has 0 unspecified atom stereocenters. The van der Waals surface area contributed by atoms with Crippen molar-refractivity contribution in [3.05, 3.63) is 24.5 Å². The Morgan fingerprint density at radius 2 is 2.09 bits per heavy atom. The molecule has 0 aliphatic rings. The Labute approximate surface area is 63.4 Å². The molecule has 0 spiro atoms. The van der Waals surface area contributed by atoms with Crippen LogP contribution in [0, 0.1) is 0 Å². The summed E-state index contributed by atoms with van der Waals surface area (Å²) < 4.78 is 5.67. The predicted molar refractivity (Wildman–Crippen MR) is 36.9 cm³/mol. The minimum absolute atomic E-state index is 0.322. The Bertz CT molecular complexity index is 240. The topological polar surface area (TPSA) is 48.3 Å². The first-order valence-electron chi connectivity index (χ1n) is 2.99. The molecular weight excluding hydrogens is 146 g/mol. The lowest BCUT2D eigenvalue weighted by Crippen LogP contribution is -2.12. The molecule has 1 aromatic rings. The number of ether oxygens (including phenoxy) is 1. The van der Waals surface area contributed by atoms with E-state index in [9.17, 15) is 9.59 Å². The second kappa shape index (κ2) is 3.55. The fourth-order valence-electron chi connectivity index (χ4n) is 0.622. The molecule has 0 aliphatic carbocycles. The lowest BCUT2D eigenvalue weighted by molar-refractivity contribution is 0.162. The zero-order valence-corrected chi connectivity index (χ0v) is 5.69. The monoisotopic (exact) mass is 152 g/mol. The maximum absolute atomic E-state index is 10.8. The molecule has 0 bridgehead atoms. The fourth-order valence-corrected chi connectivity index (χ4v) is 0.622. The summed E-state index contributed by atoms with van der Waals surface area (Å²) in [5.74, 6) is 0. The third-order valence-corrected chi connectivity index (χ3v) is 1.07. The average Bonchev–Trinajstić information content (AvgIpc) is 2.52. The number of hydrogen-bond acceptors (Lipinski definition) is 3. The fraction of sp³-hybridized carbons (Fsp3) is 0.143. The maximum atomic E-state index is 10.8. The van der Waals surface area contributed by atoms with Crippen LogP contribution >= 0.6 is 0 Å². The lowest BCUT2D eigenvalue weighted by Gasteiger charge is -1.98. The summed E-state index contributed by atoms with van der Waals surface area (Å²) in [5.41, 5.74) is 0. The summed E-state index contributed by atoms with van der Waals surface area (Å²) in [6.45, 7) is -0.322. The quantitative estimate of drug-likeness (QED) is 0.622. The molecule has 0 atom stereocenters. The van der Waals surface area contributed by atoms with Gasteiger partial charge in [0.2, 0.25) is 6.29 Å². The maximum Gasteiger partial charge on any atom is 0.418 e. The molecule has 1 heterocycles. The highest BCUT2D eigenvalue weighted by Crippen LogP contribution is 1.91. The first-order valence-corrected chi connectivity index (χ1v) is 2.99. The van der Waals surface area contributed by atoms with Crippen LogP contribution in [0.4, 0.5) is 4.79 Å². The SMILES string of the molecule is O=[C]COC(=O)n1cccc1. The molecule has 0 aromatic carbocycles. The van der Waals surface area contributed by atoms with Gasteiger partial charge in [-0.3, -0.25) is 9.36 Å². The van der Waals surface area contributed by atoms with E-state index in [0.29, 0.717) is 0 Å². The van der Waals surface area contributed by atoms with Crippen LogP contribution in [0.3, 0.4) is 0 Å². The Hall–Kier alpha value is -1.58. The Morgan fingerprint density at radius 3 is 2.64 bits per heavy atom. The average molecular weight is 152 g/mol. The molecule has 57 valence electrons. The molecule has 0 fully saturated rings. The molecule has 0 amide bonds. The molecule has 11 heavy (non-hydrogen) atoms. The van der Waals surface area contributed by atoms with Crippen molar-refractivity contribution in [2.75, 3.05) is 6.61 Å². The largest absolute Gasteiger partial charge is 0.440 e. The molecule has 0 saturated carbocycles. The molecule has 0 N–H and O–H groups in total. The first-order chi connectivity index (χ1) is 5.34. The van der Waals surface area contributed by atoms with Crippen LogP contribution in [0.1, 0.15) is 0 Å². The van der Waals surface area contributed by atoms with Gasteiger partial charge in [0.15, 0.2) is 6.61 Å². The van der Waals surface area contributed by atoms with Crippen molar-refractivity contribution in [3.63, 3.8) is 0 Å². The van der Waals surface area contributed by atoms with Gasteiger partial charge in [0.1, 0.15) is 0 Å². The van der Waals surface area contributed by atoms with E-state index >= 15 is 0 Å². The highest BCUT2D eigenvalue weighted by Gasteiger charge is 2.01. The smallest absolute Gasteiger partial charge is 0.418 e. The summed E-state index contributed by atoms with van der Waals surface area (Å²) in [7, 11) is 0. The number of carbonyl (C=O) groups excluding carboxylic acids is 2. The zero-order chi connectivity index (χ0) is 8.10. The second-order valence-electron chi connectivity index (χ2n) is 1.79. The summed E-state index contributed by atoms with van der Waals surface area (Å²) >= 11 is 0. The predicted octanol–water partition coefficient (Wildman–Crippen LogP) is 0.583. The summed E-state index contributed by atoms with van der Waals surface area (Å²) in [4.78, 5) is 20.5. The first kappa shape index (κ1) is 7.53. The third-order valence-electron chi connectivity index (χ3n) is 1.07. The molecule has 1 radical (unpaired) electrons. The molecule has 4 nitrogen and oxygen atoms in total. The van der Waals surface area contributed by atoms with Crippen LogP contribution < -0.4 is 0 Å². The minimum atomic E-state index is -0.571. The minimum Gasteiger partial charge on any atom is -0.440 e. The standard InChI is InChI=1S/C7H6NO3/c9-5-6-11-7(10)8-3-1-2-4-8/h1-4H,6H2. The normalized spacial score (nSPS) is 9.09. The zero-order valence-electron chi connectivity index (χ0n) is 5.69. The van der Waals surface area contributed by atoms with E-state index in [4.69, 9.17) is 0 Å². The number of carbonyl (C=O) groups is 1. The van der Waals surface area contributed by atoms with Gasteiger partial charge >= 0.3 is 6.09 Å². The Balaban J connectivity index is 2.49.